The molecule has 5 heteroatoms. The van der Waals surface area contributed by atoms with E-state index in [1.165, 1.54) is 0 Å². The fourth-order valence-corrected chi connectivity index (χ4v) is 2.88. The number of hydrogen-bond acceptors (Lipinski definition) is 4. The molecule has 0 saturated carbocycles. The van der Waals surface area contributed by atoms with E-state index in [9.17, 15) is 9.90 Å². The standard InChI is InChI=1S/C14H26N2O3/c1-14(2,3)19-13(18)16-7-5-12(9-16)15-6-4-11(8-15)10-17/h11-12,17H,4-10H2,1-3H3. The summed E-state index contributed by atoms with van der Waals surface area (Å²) >= 11 is 0. The SMILES string of the molecule is CC(C)(C)OC(=O)N1CCC(N2CCC(CO)C2)C1. The van der Waals surface area contributed by atoms with E-state index >= 15 is 0 Å². The highest BCUT2D eigenvalue weighted by molar-refractivity contribution is 5.68. The van der Waals surface area contributed by atoms with Gasteiger partial charge < -0.3 is 14.7 Å². The Bertz CT molecular complexity index is 327. The number of ether oxygens (including phenoxy) is 1. The van der Waals surface area contributed by atoms with Crippen molar-refractivity contribution in [3.05, 3.63) is 0 Å². The third-order valence-electron chi connectivity index (χ3n) is 3.91. The minimum atomic E-state index is -0.426. The summed E-state index contributed by atoms with van der Waals surface area (Å²) in [6.45, 7) is 9.49. The van der Waals surface area contributed by atoms with Crippen LogP contribution in [0.3, 0.4) is 0 Å². The largest absolute Gasteiger partial charge is 0.444 e. The Morgan fingerprint density at radius 1 is 1.26 bits per heavy atom. The minimum absolute atomic E-state index is 0.201. The molecular formula is C14H26N2O3. The quantitative estimate of drug-likeness (QED) is 0.822. The van der Waals surface area contributed by atoms with Crippen LogP contribution in [0.5, 0.6) is 0 Å². The molecular weight excluding hydrogens is 244 g/mol. The van der Waals surface area contributed by atoms with Gasteiger partial charge in [-0.1, -0.05) is 0 Å². The van der Waals surface area contributed by atoms with Gasteiger partial charge in [0.05, 0.1) is 0 Å². The summed E-state index contributed by atoms with van der Waals surface area (Å²) in [7, 11) is 0. The lowest BCUT2D eigenvalue weighted by Gasteiger charge is -2.26. The molecule has 2 fully saturated rings. The molecule has 0 aromatic heterocycles. The number of carbonyl (C=O) groups is 1. The molecule has 0 bridgehead atoms. The van der Waals surface area contributed by atoms with Gasteiger partial charge in [0.25, 0.3) is 0 Å². The third-order valence-corrected chi connectivity index (χ3v) is 3.91. The lowest BCUT2D eigenvalue weighted by molar-refractivity contribution is 0.0281. The first kappa shape index (κ1) is 14.6. The topological polar surface area (TPSA) is 53.0 Å². The average molecular weight is 270 g/mol. The number of aliphatic hydroxyl groups is 1. The number of rotatable bonds is 2. The minimum Gasteiger partial charge on any atom is -0.444 e. The molecule has 2 unspecified atom stereocenters. The van der Waals surface area contributed by atoms with Crippen molar-refractivity contribution >= 4 is 6.09 Å². The summed E-state index contributed by atoms with van der Waals surface area (Å²) in [4.78, 5) is 16.2. The number of nitrogens with zero attached hydrogens (tertiary/aromatic N) is 2. The molecule has 5 nitrogen and oxygen atoms in total. The molecule has 1 N–H and O–H groups in total. The lowest BCUT2D eigenvalue weighted by atomic mass is 10.1. The molecule has 1 amide bonds. The molecule has 0 aromatic rings. The second-order valence-electron chi connectivity index (χ2n) is 6.70. The maximum Gasteiger partial charge on any atom is 0.410 e. The first-order chi connectivity index (χ1) is 8.89. The summed E-state index contributed by atoms with van der Waals surface area (Å²) in [6, 6.07) is 0.434. The van der Waals surface area contributed by atoms with Crippen LogP contribution in [-0.2, 0) is 4.74 Å². The molecule has 110 valence electrons. The van der Waals surface area contributed by atoms with E-state index in [4.69, 9.17) is 4.74 Å². The lowest BCUT2D eigenvalue weighted by Crippen LogP contribution is -2.39. The molecule has 2 rings (SSSR count). The Kier molecular flexibility index (Phi) is 4.36. The van der Waals surface area contributed by atoms with Gasteiger partial charge in [0.15, 0.2) is 0 Å². The van der Waals surface area contributed by atoms with Crippen molar-refractivity contribution in [1.29, 1.82) is 0 Å². The molecule has 2 heterocycles. The summed E-state index contributed by atoms with van der Waals surface area (Å²) in [5.41, 5.74) is -0.426. The van der Waals surface area contributed by atoms with Crippen molar-refractivity contribution < 1.29 is 14.6 Å². The second kappa shape index (κ2) is 5.67. The van der Waals surface area contributed by atoms with E-state index in [2.05, 4.69) is 4.90 Å². The van der Waals surface area contributed by atoms with Crippen LogP contribution in [0, 0.1) is 5.92 Å². The van der Waals surface area contributed by atoms with E-state index in [1.54, 1.807) is 0 Å². The number of likely N-dealkylation sites (tertiary alicyclic amines) is 2. The third kappa shape index (κ3) is 3.83. The molecule has 2 atom stereocenters. The van der Waals surface area contributed by atoms with Gasteiger partial charge in [-0.3, -0.25) is 4.90 Å². The highest BCUT2D eigenvalue weighted by atomic mass is 16.6. The Morgan fingerprint density at radius 3 is 2.58 bits per heavy atom. The van der Waals surface area contributed by atoms with Crippen molar-refractivity contribution in [3.63, 3.8) is 0 Å². The number of amides is 1. The molecule has 2 saturated heterocycles. The first-order valence-corrected chi connectivity index (χ1v) is 7.22. The summed E-state index contributed by atoms with van der Waals surface area (Å²) < 4.78 is 5.40. The van der Waals surface area contributed by atoms with Gasteiger partial charge in [-0.15, -0.1) is 0 Å². The zero-order chi connectivity index (χ0) is 14.0. The Morgan fingerprint density at radius 2 is 2.00 bits per heavy atom. The number of hydrogen-bond donors (Lipinski definition) is 1. The Hall–Kier alpha value is -0.810. The molecule has 0 aromatic carbocycles. The van der Waals surface area contributed by atoms with Gasteiger partial charge in [-0.2, -0.15) is 0 Å². The smallest absolute Gasteiger partial charge is 0.410 e. The van der Waals surface area contributed by atoms with E-state index < -0.39 is 5.60 Å². The van der Waals surface area contributed by atoms with Gasteiger partial charge in [0, 0.05) is 32.3 Å². The molecule has 2 aliphatic heterocycles. The van der Waals surface area contributed by atoms with Crippen molar-refractivity contribution in [2.45, 2.75) is 45.3 Å². The number of carbonyl (C=O) groups excluding carboxylic acids is 1. The Balaban J connectivity index is 1.82. The zero-order valence-corrected chi connectivity index (χ0v) is 12.3. The van der Waals surface area contributed by atoms with Crippen LogP contribution in [0.1, 0.15) is 33.6 Å². The van der Waals surface area contributed by atoms with Crippen molar-refractivity contribution in [2.24, 2.45) is 5.92 Å². The maximum atomic E-state index is 12.0. The van der Waals surface area contributed by atoms with Crippen LogP contribution >= 0.6 is 0 Å². The molecule has 0 spiro atoms. The van der Waals surface area contributed by atoms with Crippen LogP contribution in [0.25, 0.3) is 0 Å². The van der Waals surface area contributed by atoms with Gasteiger partial charge in [-0.05, 0) is 46.1 Å². The summed E-state index contributed by atoms with van der Waals surface area (Å²) in [6.07, 6.45) is 1.88. The van der Waals surface area contributed by atoms with Crippen LogP contribution in [0.2, 0.25) is 0 Å². The monoisotopic (exact) mass is 270 g/mol. The van der Waals surface area contributed by atoms with Gasteiger partial charge >= 0.3 is 6.09 Å². The maximum absolute atomic E-state index is 12.0. The van der Waals surface area contributed by atoms with Gasteiger partial charge in [-0.25, -0.2) is 4.79 Å². The predicted octanol–water partition coefficient (Wildman–Crippen LogP) is 1.31. The molecule has 0 radical (unpaired) electrons. The van der Waals surface area contributed by atoms with Crippen molar-refractivity contribution in [3.8, 4) is 0 Å². The number of aliphatic hydroxyl groups excluding tert-OH is 1. The van der Waals surface area contributed by atoms with Crippen LogP contribution in [-0.4, -0.2) is 65.4 Å². The highest BCUT2D eigenvalue weighted by Crippen LogP contribution is 2.24. The fourth-order valence-electron chi connectivity index (χ4n) is 2.88. The molecule has 0 aliphatic carbocycles. The van der Waals surface area contributed by atoms with Gasteiger partial charge in [0.2, 0.25) is 0 Å². The van der Waals surface area contributed by atoms with E-state index in [-0.39, 0.29) is 12.7 Å². The first-order valence-electron chi connectivity index (χ1n) is 7.22. The predicted molar refractivity (Wildman–Crippen MR) is 73.0 cm³/mol. The summed E-state index contributed by atoms with van der Waals surface area (Å²) in [5.74, 6) is 0.413. The molecule has 2 aliphatic rings. The highest BCUT2D eigenvalue weighted by Gasteiger charge is 2.35. The molecule has 19 heavy (non-hydrogen) atoms. The zero-order valence-electron chi connectivity index (χ0n) is 12.3. The second-order valence-corrected chi connectivity index (χ2v) is 6.70. The van der Waals surface area contributed by atoms with E-state index in [0.29, 0.717) is 12.0 Å². The van der Waals surface area contributed by atoms with Gasteiger partial charge in [0.1, 0.15) is 5.60 Å². The van der Waals surface area contributed by atoms with Crippen molar-refractivity contribution in [1.82, 2.24) is 9.80 Å². The Labute approximate surface area is 115 Å². The normalized spacial score (nSPS) is 28.9. The van der Waals surface area contributed by atoms with E-state index in [0.717, 1.165) is 39.0 Å². The van der Waals surface area contributed by atoms with E-state index in [1.807, 2.05) is 25.7 Å². The fraction of sp³-hybridized carbons (Fsp3) is 0.929. The van der Waals surface area contributed by atoms with Crippen molar-refractivity contribution in [2.75, 3.05) is 32.8 Å². The van der Waals surface area contributed by atoms with Crippen LogP contribution in [0.15, 0.2) is 0 Å². The van der Waals surface area contributed by atoms with Crippen LogP contribution < -0.4 is 0 Å². The summed E-state index contributed by atoms with van der Waals surface area (Å²) in [5, 5.41) is 9.18. The van der Waals surface area contributed by atoms with Crippen LogP contribution in [0.4, 0.5) is 4.79 Å². The average Bonchev–Trinajstić information content (AvgIpc) is 2.95.